The predicted molar refractivity (Wildman–Crippen MR) is 172 cm³/mol. The Hall–Kier alpha value is -1.06. The molecule has 4 unspecified atom stereocenters. The summed E-state index contributed by atoms with van der Waals surface area (Å²) < 4.78 is 21.8. The van der Waals surface area contributed by atoms with E-state index in [1.807, 2.05) is 18.2 Å². The van der Waals surface area contributed by atoms with Crippen molar-refractivity contribution in [3.63, 3.8) is 0 Å². The van der Waals surface area contributed by atoms with Crippen molar-refractivity contribution in [3.05, 3.63) is 24.3 Å². The molecule has 248 valence electrons. The summed E-state index contributed by atoms with van der Waals surface area (Å²) in [5.74, 6) is -0.485. The van der Waals surface area contributed by atoms with Gasteiger partial charge in [0, 0.05) is 6.54 Å². The van der Waals surface area contributed by atoms with E-state index in [1.54, 1.807) is 6.08 Å². The molecule has 1 amide bonds. The molecule has 0 bridgehead atoms. The maximum atomic E-state index is 12.6. The van der Waals surface area contributed by atoms with Gasteiger partial charge >= 0.3 is 7.82 Å². The van der Waals surface area contributed by atoms with Crippen LogP contribution in [0.2, 0.25) is 0 Å². The van der Waals surface area contributed by atoms with E-state index < -0.39 is 38.6 Å². The molecule has 0 aliphatic heterocycles. The van der Waals surface area contributed by atoms with Gasteiger partial charge in [0.1, 0.15) is 0 Å². The standard InChI is InChI=1S/C32H63N2O7P/c1-3-5-7-9-11-12-13-14-15-16-18-20-22-24-31(36)30(28-41-42(38,39)40-26-25-33)34-32(37)27-29(35)23-21-19-17-10-8-6-4-2/h19,21-22,24,29-31,35-36H,3-18,20,23,25-28,33H2,1-2H3,(H,34,37)(H,38,39)/b21-19-,24-22+. The van der Waals surface area contributed by atoms with E-state index in [-0.39, 0.29) is 19.6 Å². The van der Waals surface area contributed by atoms with Crippen molar-refractivity contribution in [1.82, 2.24) is 5.32 Å². The SMILES string of the molecule is CCCCCC/C=C\CC(O)CC(=O)NC(COP(=O)(O)OCCN)C(O)/C=C/CCCCCCCCCCCCC. The third-order valence-corrected chi connectivity index (χ3v) is 8.06. The van der Waals surface area contributed by atoms with E-state index in [1.165, 1.54) is 77.0 Å². The quantitative estimate of drug-likeness (QED) is 0.0333. The monoisotopic (exact) mass is 618 g/mol. The molecular formula is C32H63N2O7P. The maximum absolute atomic E-state index is 12.6. The van der Waals surface area contributed by atoms with Crippen molar-refractivity contribution >= 4 is 13.7 Å². The number of phosphoric acid groups is 1. The van der Waals surface area contributed by atoms with Crippen LogP contribution in [-0.4, -0.2) is 59.0 Å². The molecule has 0 saturated heterocycles. The second-order valence-electron chi connectivity index (χ2n) is 11.2. The van der Waals surface area contributed by atoms with Crippen molar-refractivity contribution in [1.29, 1.82) is 0 Å². The molecule has 42 heavy (non-hydrogen) atoms. The molecule has 0 aliphatic carbocycles. The van der Waals surface area contributed by atoms with Gasteiger partial charge in [-0.25, -0.2) is 4.57 Å². The second-order valence-corrected chi connectivity index (χ2v) is 12.7. The molecule has 0 rings (SSSR count). The van der Waals surface area contributed by atoms with Gasteiger partial charge in [-0.3, -0.25) is 13.8 Å². The summed E-state index contributed by atoms with van der Waals surface area (Å²) in [6, 6.07) is -0.991. The Bertz CT molecular complexity index is 736. The summed E-state index contributed by atoms with van der Waals surface area (Å²) in [6.07, 6.45) is 25.8. The van der Waals surface area contributed by atoms with E-state index >= 15 is 0 Å². The first kappa shape index (κ1) is 40.9. The zero-order valence-corrected chi connectivity index (χ0v) is 27.5. The summed E-state index contributed by atoms with van der Waals surface area (Å²) in [6.45, 7) is 3.85. The number of aliphatic hydroxyl groups excluding tert-OH is 2. The summed E-state index contributed by atoms with van der Waals surface area (Å²) in [7, 11) is -4.39. The number of unbranched alkanes of at least 4 members (excludes halogenated alkanes) is 15. The highest BCUT2D eigenvalue weighted by Gasteiger charge is 2.27. The van der Waals surface area contributed by atoms with E-state index in [0.717, 1.165) is 32.1 Å². The normalized spacial score (nSPS) is 15.7. The lowest BCUT2D eigenvalue weighted by molar-refractivity contribution is -0.124. The minimum absolute atomic E-state index is 0.0452. The van der Waals surface area contributed by atoms with E-state index in [9.17, 15) is 24.5 Å². The summed E-state index contributed by atoms with van der Waals surface area (Å²) in [5.41, 5.74) is 5.32. The highest BCUT2D eigenvalue weighted by Crippen LogP contribution is 2.43. The van der Waals surface area contributed by atoms with Gasteiger partial charge in [-0.2, -0.15) is 0 Å². The van der Waals surface area contributed by atoms with E-state index in [2.05, 4.69) is 19.2 Å². The molecule has 4 atom stereocenters. The Balaban J connectivity index is 4.59. The average molecular weight is 619 g/mol. The van der Waals surface area contributed by atoms with Gasteiger partial charge in [-0.05, 0) is 32.1 Å². The Morgan fingerprint density at radius 1 is 0.810 bits per heavy atom. The zero-order chi connectivity index (χ0) is 31.3. The van der Waals surface area contributed by atoms with Crippen LogP contribution in [0.3, 0.4) is 0 Å². The van der Waals surface area contributed by atoms with Crippen LogP contribution in [-0.2, 0) is 18.4 Å². The number of carbonyl (C=O) groups is 1. The first-order chi connectivity index (χ1) is 20.3. The first-order valence-corrected chi connectivity index (χ1v) is 18.0. The highest BCUT2D eigenvalue weighted by molar-refractivity contribution is 7.47. The Labute approximate surface area is 256 Å². The molecular weight excluding hydrogens is 555 g/mol. The van der Waals surface area contributed by atoms with Crippen LogP contribution in [0.5, 0.6) is 0 Å². The summed E-state index contributed by atoms with van der Waals surface area (Å²) >= 11 is 0. The number of carbonyl (C=O) groups excluding carboxylic acids is 1. The number of hydrogen-bond donors (Lipinski definition) is 5. The molecule has 0 aromatic heterocycles. The van der Waals surface area contributed by atoms with Crippen molar-refractivity contribution in [2.75, 3.05) is 19.8 Å². The minimum Gasteiger partial charge on any atom is -0.392 e. The van der Waals surface area contributed by atoms with Gasteiger partial charge in [0.15, 0.2) is 0 Å². The van der Waals surface area contributed by atoms with Crippen LogP contribution < -0.4 is 11.1 Å². The van der Waals surface area contributed by atoms with Crippen LogP contribution in [0.15, 0.2) is 24.3 Å². The number of rotatable bonds is 30. The Morgan fingerprint density at radius 2 is 1.33 bits per heavy atom. The molecule has 0 aromatic carbocycles. The van der Waals surface area contributed by atoms with Crippen LogP contribution in [0.4, 0.5) is 0 Å². The number of allylic oxidation sites excluding steroid dienone is 2. The van der Waals surface area contributed by atoms with Crippen LogP contribution in [0, 0.1) is 0 Å². The average Bonchev–Trinajstić information content (AvgIpc) is 2.96. The van der Waals surface area contributed by atoms with Crippen LogP contribution in [0.1, 0.15) is 136 Å². The van der Waals surface area contributed by atoms with Gasteiger partial charge in [0.2, 0.25) is 5.91 Å². The smallest absolute Gasteiger partial charge is 0.392 e. The van der Waals surface area contributed by atoms with E-state index in [4.69, 9.17) is 14.8 Å². The number of aliphatic hydroxyl groups is 2. The van der Waals surface area contributed by atoms with Crippen molar-refractivity contribution in [2.24, 2.45) is 5.73 Å². The molecule has 0 fully saturated rings. The topological polar surface area (TPSA) is 151 Å². The largest absolute Gasteiger partial charge is 0.472 e. The predicted octanol–water partition coefficient (Wildman–Crippen LogP) is 6.85. The fourth-order valence-electron chi connectivity index (χ4n) is 4.52. The maximum Gasteiger partial charge on any atom is 0.472 e. The van der Waals surface area contributed by atoms with Crippen molar-refractivity contribution in [2.45, 2.75) is 154 Å². The zero-order valence-electron chi connectivity index (χ0n) is 26.6. The number of amides is 1. The van der Waals surface area contributed by atoms with Gasteiger partial charge in [-0.15, -0.1) is 0 Å². The molecule has 0 aromatic rings. The Kier molecular flexibility index (Phi) is 28.0. The van der Waals surface area contributed by atoms with Gasteiger partial charge in [0.05, 0.1) is 37.9 Å². The summed E-state index contributed by atoms with van der Waals surface area (Å²) in [5, 5.41) is 23.6. The molecule has 6 N–H and O–H groups in total. The number of nitrogens with one attached hydrogen (secondary N) is 1. The number of nitrogens with two attached hydrogens (primary N) is 1. The number of phosphoric ester groups is 1. The van der Waals surface area contributed by atoms with Gasteiger partial charge in [0.25, 0.3) is 0 Å². The van der Waals surface area contributed by atoms with Crippen molar-refractivity contribution in [3.8, 4) is 0 Å². The third-order valence-electron chi connectivity index (χ3n) is 7.08. The van der Waals surface area contributed by atoms with Gasteiger partial charge < -0.3 is 26.2 Å². The molecule has 0 spiro atoms. The first-order valence-electron chi connectivity index (χ1n) is 16.5. The van der Waals surface area contributed by atoms with Crippen LogP contribution in [0.25, 0.3) is 0 Å². The third kappa shape index (κ3) is 26.6. The van der Waals surface area contributed by atoms with Gasteiger partial charge in [-0.1, -0.05) is 122 Å². The summed E-state index contributed by atoms with van der Waals surface area (Å²) in [4.78, 5) is 22.4. The molecule has 9 nitrogen and oxygen atoms in total. The lowest BCUT2D eigenvalue weighted by atomic mass is 10.0. The fraction of sp³-hybridized carbons (Fsp3) is 0.844. The van der Waals surface area contributed by atoms with E-state index in [0.29, 0.717) is 6.42 Å². The molecule has 0 radical (unpaired) electrons. The lowest BCUT2D eigenvalue weighted by Crippen LogP contribution is -2.46. The molecule has 0 aliphatic rings. The van der Waals surface area contributed by atoms with Crippen molar-refractivity contribution < 1.29 is 33.5 Å². The lowest BCUT2D eigenvalue weighted by Gasteiger charge is -2.23. The molecule has 0 saturated carbocycles. The molecule has 0 heterocycles. The van der Waals surface area contributed by atoms with Crippen LogP contribution >= 0.6 is 7.82 Å². The fourth-order valence-corrected chi connectivity index (χ4v) is 5.28. The highest BCUT2D eigenvalue weighted by atomic mass is 31.2. The number of hydrogen-bond acceptors (Lipinski definition) is 7. The molecule has 10 heteroatoms. The Morgan fingerprint density at radius 3 is 1.90 bits per heavy atom. The minimum atomic E-state index is -4.39. The second kappa shape index (κ2) is 28.7.